The van der Waals surface area contributed by atoms with Crippen molar-refractivity contribution in [2.24, 2.45) is 0 Å². The Morgan fingerprint density at radius 1 is 1.79 bits per heavy atom. The second-order valence-electron chi connectivity index (χ2n) is 3.09. The van der Waals surface area contributed by atoms with Gasteiger partial charge in [0.2, 0.25) is 0 Å². The van der Waals surface area contributed by atoms with Gasteiger partial charge in [-0.3, -0.25) is 0 Å². The van der Waals surface area contributed by atoms with E-state index in [9.17, 15) is 0 Å². The summed E-state index contributed by atoms with van der Waals surface area (Å²) in [6, 6.07) is 3.62. The highest BCUT2D eigenvalue weighted by atomic mass is 15.0. The molecule has 14 heavy (non-hydrogen) atoms. The molecule has 0 fully saturated rings. The lowest BCUT2D eigenvalue weighted by Gasteiger charge is -2.06. The number of aromatic nitrogens is 1. The van der Waals surface area contributed by atoms with Gasteiger partial charge in [-0.1, -0.05) is 12.2 Å². The molecule has 0 saturated carbocycles. The molecule has 0 aliphatic carbocycles. The van der Waals surface area contributed by atoms with E-state index in [1.165, 1.54) is 6.20 Å². The maximum atomic E-state index is 8.80. The second-order valence-corrected chi connectivity index (χ2v) is 3.09. The molecule has 4 heteroatoms. The molecule has 0 atom stereocenters. The number of nitrogens with two attached hydrogens (primary N) is 1. The van der Waals surface area contributed by atoms with Crippen molar-refractivity contribution in [3.8, 4) is 6.07 Å². The molecule has 0 spiro atoms. The lowest BCUT2D eigenvalue weighted by atomic mass is 10.2. The summed E-state index contributed by atoms with van der Waals surface area (Å²) in [4.78, 5) is 4.02. The summed E-state index contributed by atoms with van der Waals surface area (Å²) < 4.78 is 0. The lowest BCUT2D eigenvalue weighted by Crippen LogP contribution is -2.06. The second kappa shape index (κ2) is 4.28. The van der Waals surface area contributed by atoms with Gasteiger partial charge in [-0.25, -0.2) is 4.98 Å². The zero-order chi connectivity index (χ0) is 10.6. The van der Waals surface area contributed by atoms with E-state index in [0.29, 0.717) is 23.6 Å². The third-order valence-corrected chi connectivity index (χ3v) is 1.59. The van der Waals surface area contributed by atoms with Gasteiger partial charge in [0.05, 0.1) is 17.4 Å². The Balaban J connectivity index is 2.87. The minimum atomic E-state index is 0.450. The first-order chi connectivity index (χ1) is 6.63. The van der Waals surface area contributed by atoms with Gasteiger partial charge in [0.15, 0.2) is 0 Å². The van der Waals surface area contributed by atoms with E-state index in [4.69, 9.17) is 11.0 Å². The summed E-state index contributed by atoms with van der Waals surface area (Å²) in [6.45, 7) is 6.25. The molecule has 1 heterocycles. The molecule has 1 aromatic heterocycles. The van der Waals surface area contributed by atoms with E-state index in [1.807, 2.05) is 13.0 Å². The summed E-state index contributed by atoms with van der Waals surface area (Å²) in [6.07, 6.45) is 1.52. The van der Waals surface area contributed by atoms with E-state index in [-0.39, 0.29) is 0 Å². The molecule has 0 aliphatic heterocycles. The van der Waals surface area contributed by atoms with Gasteiger partial charge in [0.25, 0.3) is 0 Å². The number of anilines is 2. The molecule has 1 rings (SSSR count). The third-order valence-electron chi connectivity index (χ3n) is 1.59. The molecule has 0 saturated heterocycles. The van der Waals surface area contributed by atoms with Crippen LogP contribution in [-0.2, 0) is 0 Å². The summed E-state index contributed by atoms with van der Waals surface area (Å²) in [7, 11) is 0. The first-order valence-electron chi connectivity index (χ1n) is 4.17. The highest BCUT2D eigenvalue weighted by Gasteiger charge is 2.02. The fourth-order valence-corrected chi connectivity index (χ4v) is 0.942. The molecule has 0 amide bonds. The first kappa shape index (κ1) is 10.1. The summed E-state index contributed by atoms with van der Waals surface area (Å²) in [5, 5.41) is 11.8. The molecule has 72 valence electrons. The summed E-state index contributed by atoms with van der Waals surface area (Å²) in [5.74, 6) is 0.546. The van der Waals surface area contributed by atoms with E-state index in [2.05, 4.69) is 16.9 Å². The Morgan fingerprint density at radius 2 is 2.50 bits per heavy atom. The number of pyridine rings is 1. The average molecular weight is 188 g/mol. The zero-order valence-electron chi connectivity index (χ0n) is 8.04. The molecule has 0 aromatic carbocycles. The number of hydrogen-bond acceptors (Lipinski definition) is 4. The predicted octanol–water partition coefficient (Wildman–Crippen LogP) is 1.52. The van der Waals surface area contributed by atoms with Crippen LogP contribution in [0.25, 0.3) is 0 Å². The van der Waals surface area contributed by atoms with Crippen molar-refractivity contribution in [1.29, 1.82) is 5.26 Å². The highest BCUT2D eigenvalue weighted by Crippen LogP contribution is 2.14. The third kappa shape index (κ3) is 2.49. The topological polar surface area (TPSA) is 74.7 Å². The molecular formula is C10H12N4. The van der Waals surface area contributed by atoms with Crippen molar-refractivity contribution in [2.75, 3.05) is 17.6 Å². The minimum Gasteiger partial charge on any atom is -0.397 e. The van der Waals surface area contributed by atoms with Crippen molar-refractivity contribution >= 4 is 11.5 Å². The summed E-state index contributed by atoms with van der Waals surface area (Å²) >= 11 is 0. The number of hydrogen-bond donors (Lipinski definition) is 2. The van der Waals surface area contributed by atoms with Gasteiger partial charge in [-0.2, -0.15) is 5.26 Å². The molecule has 0 radical (unpaired) electrons. The maximum absolute atomic E-state index is 8.80. The molecule has 0 aliphatic rings. The minimum absolute atomic E-state index is 0.450. The van der Waals surface area contributed by atoms with Crippen molar-refractivity contribution in [1.82, 2.24) is 4.98 Å². The van der Waals surface area contributed by atoms with Crippen LogP contribution in [0, 0.1) is 11.3 Å². The van der Waals surface area contributed by atoms with Gasteiger partial charge < -0.3 is 11.1 Å². The average Bonchev–Trinajstić information content (AvgIpc) is 2.15. The Kier molecular flexibility index (Phi) is 3.08. The van der Waals surface area contributed by atoms with Crippen LogP contribution in [0.5, 0.6) is 0 Å². The van der Waals surface area contributed by atoms with Crippen LogP contribution in [0.3, 0.4) is 0 Å². The smallest absolute Gasteiger partial charge is 0.144 e. The van der Waals surface area contributed by atoms with Crippen molar-refractivity contribution in [2.45, 2.75) is 6.92 Å². The van der Waals surface area contributed by atoms with Gasteiger partial charge in [-0.05, 0) is 13.0 Å². The number of nitrogens with one attached hydrogen (secondary N) is 1. The predicted molar refractivity (Wildman–Crippen MR) is 56.7 cm³/mol. The molecule has 0 unspecified atom stereocenters. The zero-order valence-corrected chi connectivity index (χ0v) is 8.04. The quantitative estimate of drug-likeness (QED) is 0.705. The van der Waals surface area contributed by atoms with Crippen LogP contribution in [0.1, 0.15) is 12.5 Å². The number of nitriles is 1. The number of nitrogens with zero attached hydrogens (tertiary/aromatic N) is 2. The maximum Gasteiger partial charge on any atom is 0.144 e. The fourth-order valence-electron chi connectivity index (χ4n) is 0.942. The molecular weight excluding hydrogens is 176 g/mol. The molecule has 4 nitrogen and oxygen atoms in total. The highest BCUT2D eigenvalue weighted by molar-refractivity contribution is 5.57. The molecule has 0 bridgehead atoms. The Bertz CT molecular complexity index is 390. The van der Waals surface area contributed by atoms with Crippen LogP contribution in [-0.4, -0.2) is 11.5 Å². The van der Waals surface area contributed by atoms with Crippen molar-refractivity contribution in [3.63, 3.8) is 0 Å². The van der Waals surface area contributed by atoms with Gasteiger partial charge in [-0.15, -0.1) is 0 Å². The van der Waals surface area contributed by atoms with E-state index in [0.717, 1.165) is 5.57 Å². The van der Waals surface area contributed by atoms with Crippen LogP contribution in [0.15, 0.2) is 24.4 Å². The normalized spacial score (nSPS) is 9.14. The Labute approximate surface area is 83.1 Å². The van der Waals surface area contributed by atoms with Crippen LogP contribution in [0.4, 0.5) is 11.5 Å². The van der Waals surface area contributed by atoms with Crippen molar-refractivity contribution < 1.29 is 0 Å². The van der Waals surface area contributed by atoms with Gasteiger partial charge in [0, 0.05) is 6.54 Å². The van der Waals surface area contributed by atoms with E-state index >= 15 is 0 Å². The molecule has 1 aromatic rings. The standard InChI is InChI=1S/C10H12N4/c1-7(2)5-13-10-8(4-11)3-9(12)6-14-10/h3,6H,1,5,12H2,2H3,(H,13,14). The van der Waals surface area contributed by atoms with Crippen molar-refractivity contribution in [3.05, 3.63) is 30.0 Å². The Hall–Kier alpha value is -2.02. The van der Waals surface area contributed by atoms with Gasteiger partial charge >= 0.3 is 0 Å². The fraction of sp³-hybridized carbons (Fsp3) is 0.200. The van der Waals surface area contributed by atoms with Crippen LogP contribution < -0.4 is 11.1 Å². The Morgan fingerprint density at radius 3 is 3.07 bits per heavy atom. The van der Waals surface area contributed by atoms with Crippen LogP contribution in [0.2, 0.25) is 0 Å². The first-order valence-corrected chi connectivity index (χ1v) is 4.17. The largest absolute Gasteiger partial charge is 0.397 e. The molecule has 3 N–H and O–H groups in total. The number of nitrogen functional groups attached to an aromatic ring is 1. The monoisotopic (exact) mass is 188 g/mol. The van der Waals surface area contributed by atoms with Crippen LogP contribution >= 0.6 is 0 Å². The SMILES string of the molecule is C=C(C)CNc1ncc(N)cc1C#N. The summed E-state index contributed by atoms with van der Waals surface area (Å²) in [5.41, 5.74) is 7.42. The van der Waals surface area contributed by atoms with E-state index < -0.39 is 0 Å². The lowest BCUT2D eigenvalue weighted by molar-refractivity contribution is 1.16. The number of rotatable bonds is 3. The van der Waals surface area contributed by atoms with Gasteiger partial charge in [0.1, 0.15) is 11.9 Å². The van der Waals surface area contributed by atoms with E-state index in [1.54, 1.807) is 6.07 Å².